The number of carbonyl (C=O) groups is 1. The van der Waals surface area contributed by atoms with Crippen molar-refractivity contribution in [2.45, 2.75) is 13.8 Å². The highest BCUT2D eigenvalue weighted by Crippen LogP contribution is 2.20. The van der Waals surface area contributed by atoms with Crippen LogP contribution < -0.4 is 4.90 Å². The number of carbonyl (C=O) groups excluding carboxylic acids is 1. The minimum absolute atomic E-state index is 0.722. The Morgan fingerprint density at radius 2 is 2.20 bits per heavy atom. The molecule has 15 heavy (non-hydrogen) atoms. The Labute approximate surface area is 91.2 Å². The van der Waals surface area contributed by atoms with E-state index in [4.69, 9.17) is 0 Å². The van der Waals surface area contributed by atoms with Crippen molar-refractivity contribution in [3.8, 4) is 0 Å². The minimum Gasteiger partial charge on any atom is -0.370 e. The van der Waals surface area contributed by atoms with Gasteiger partial charge in [0.25, 0.3) is 0 Å². The van der Waals surface area contributed by atoms with Crippen molar-refractivity contribution in [2.75, 3.05) is 18.5 Å². The van der Waals surface area contributed by atoms with E-state index in [-0.39, 0.29) is 0 Å². The molecule has 0 spiro atoms. The van der Waals surface area contributed by atoms with Crippen LogP contribution in [0.5, 0.6) is 0 Å². The van der Waals surface area contributed by atoms with E-state index in [9.17, 15) is 4.79 Å². The zero-order valence-electron chi connectivity index (χ0n) is 9.58. The Morgan fingerprint density at radius 1 is 1.53 bits per heavy atom. The van der Waals surface area contributed by atoms with Crippen LogP contribution in [0.2, 0.25) is 0 Å². The average molecular weight is 203 g/mol. The molecule has 80 valence electrons. The molecule has 0 heterocycles. The summed E-state index contributed by atoms with van der Waals surface area (Å²) >= 11 is 0. The Kier molecular flexibility index (Phi) is 3.67. The highest BCUT2D eigenvalue weighted by molar-refractivity contribution is 5.76. The minimum atomic E-state index is 0.722. The standard InChI is InChI=1S/C13H17NO/c1-10(2)8-14(4)13-6-5-12(9-15)7-11(13)3/h5-7,9H,1,8H2,2-4H3. The van der Waals surface area contributed by atoms with Gasteiger partial charge in [-0.1, -0.05) is 12.2 Å². The van der Waals surface area contributed by atoms with Crippen molar-refractivity contribution in [2.24, 2.45) is 0 Å². The van der Waals surface area contributed by atoms with Gasteiger partial charge >= 0.3 is 0 Å². The fourth-order valence-corrected chi connectivity index (χ4v) is 1.67. The second-order valence-electron chi connectivity index (χ2n) is 3.98. The monoisotopic (exact) mass is 203 g/mol. The van der Waals surface area contributed by atoms with Crippen LogP contribution in [-0.4, -0.2) is 19.9 Å². The number of hydrogen-bond acceptors (Lipinski definition) is 2. The van der Waals surface area contributed by atoms with Crippen LogP contribution in [0.3, 0.4) is 0 Å². The molecule has 0 amide bonds. The number of nitrogens with zero attached hydrogens (tertiary/aromatic N) is 1. The molecule has 0 aliphatic heterocycles. The third-order valence-corrected chi connectivity index (χ3v) is 2.28. The summed E-state index contributed by atoms with van der Waals surface area (Å²) in [5.41, 5.74) is 4.10. The number of rotatable bonds is 4. The summed E-state index contributed by atoms with van der Waals surface area (Å²) < 4.78 is 0. The first-order chi connectivity index (χ1) is 7.04. The molecule has 0 unspecified atom stereocenters. The van der Waals surface area contributed by atoms with Gasteiger partial charge in [-0.25, -0.2) is 0 Å². The van der Waals surface area contributed by atoms with Crippen molar-refractivity contribution >= 4 is 12.0 Å². The van der Waals surface area contributed by atoms with Gasteiger partial charge in [0.15, 0.2) is 0 Å². The summed E-state index contributed by atoms with van der Waals surface area (Å²) in [6.07, 6.45) is 0.871. The maximum absolute atomic E-state index is 10.6. The third kappa shape index (κ3) is 2.94. The summed E-state index contributed by atoms with van der Waals surface area (Å²) in [5.74, 6) is 0. The molecule has 0 saturated carbocycles. The molecule has 0 radical (unpaired) electrons. The first-order valence-corrected chi connectivity index (χ1v) is 4.96. The van der Waals surface area contributed by atoms with E-state index < -0.39 is 0 Å². The lowest BCUT2D eigenvalue weighted by Gasteiger charge is -2.21. The lowest BCUT2D eigenvalue weighted by Crippen LogP contribution is -2.19. The summed E-state index contributed by atoms with van der Waals surface area (Å²) in [6.45, 7) is 8.74. The zero-order valence-corrected chi connectivity index (χ0v) is 9.58. The topological polar surface area (TPSA) is 20.3 Å². The van der Waals surface area contributed by atoms with Crippen molar-refractivity contribution in [3.05, 3.63) is 41.5 Å². The quantitative estimate of drug-likeness (QED) is 0.554. The van der Waals surface area contributed by atoms with Gasteiger partial charge in [0.05, 0.1) is 0 Å². The first-order valence-electron chi connectivity index (χ1n) is 4.96. The number of aryl methyl sites for hydroxylation is 1. The molecule has 0 aliphatic carbocycles. The molecule has 1 aromatic rings. The number of anilines is 1. The van der Waals surface area contributed by atoms with Crippen LogP contribution in [0, 0.1) is 6.92 Å². The lowest BCUT2D eigenvalue weighted by molar-refractivity contribution is 0.112. The molecular weight excluding hydrogens is 186 g/mol. The largest absolute Gasteiger partial charge is 0.370 e. The normalized spacial score (nSPS) is 9.80. The average Bonchev–Trinajstić information content (AvgIpc) is 2.16. The van der Waals surface area contributed by atoms with Crippen LogP contribution in [0.4, 0.5) is 5.69 Å². The van der Waals surface area contributed by atoms with Crippen LogP contribution in [-0.2, 0) is 0 Å². The van der Waals surface area contributed by atoms with Gasteiger partial charge in [-0.2, -0.15) is 0 Å². The molecule has 1 aromatic carbocycles. The molecule has 0 fully saturated rings. The molecule has 0 bridgehead atoms. The van der Waals surface area contributed by atoms with Gasteiger partial charge in [0.1, 0.15) is 6.29 Å². The molecule has 0 aromatic heterocycles. The van der Waals surface area contributed by atoms with E-state index in [2.05, 4.69) is 11.5 Å². The van der Waals surface area contributed by atoms with Crippen molar-refractivity contribution in [1.82, 2.24) is 0 Å². The van der Waals surface area contributed by atoms with Gasteiger partial charge in [-0.3, -0.25) is 4.79 Å². The second-order valence-corrected chi connectivity index (χ2v) is 3.98. The number of hydrogen-bond donors (Lipinski definition) is 0. The third-order valence-electron chi connectivity index (χ3n) is 2.28. The van der Waals surface area contributed by atoms with Crippen LogP contribution >= 0.6 is 0 Å². The highest BCUT2D eigenvalue weighted by atomic mass is 16.1. The van der Waals surface area contributed by atoms with Crippen molar-refractivity contribution in [1.29, 1.82) is 0 Å². The Balaban J connectivity index is 2.94. The fourth-order valence-electron chi connectivity index (χ4n) is 1.67. The molecule has 0 N–H and O–H groups in total. The van der Waals surface area contributed by atoms with E-state index in [1.807, 2.05) is 39.1 Å². The van der Waals surface area contributed by atoms with Gasteiger partial charge in [-0.15, -0.1) is 0 Å². The predicted molar refractivity (Wildman–Crippen MR) is 64.7 cm³/mol. The zero-order chi connectivity index (χ0) is 11.4. The molecule has 2 nitrogen and oxygen atoms in total. The van der Waals surface area contributed by atoms with Gasteiger partial charge in [0, 0.05) is 24.8 Å². The van der Waals surface area contributed by atoms with E-state index >= 15 is 0 Å². The van der Waals surface area contributed by atoms with Crippen molar-refractivity contribution < 1.29 is 4.79 Å². The van der Waals surface area contributed by atoms with Gasteiger partial charge in [0.2, 0.25) is 0 Å². The van der Waals surface area contributed by atoms with Crippen molar-refractivity contribution in [3.63, 3.8) is 0 Å². The Morgan fingerprint density at radius 3 is 2.67 bits per heavy atom. The fraction of sp³-hybridized carbons (Fsp3) is 0.308. The second kappa shape index (κ2) is 4.78. The Bertz CT molecular complexity index is 382. The van der Waals surface area contributed by atoms with E-state index in [0.717, 1.165) is 35.2 Å². The Hall–Kier alpha value is -1.57. The SMILES string of the molecule is C=C(C)CN(C)c1ccc(C=O)cc1C. The molecule has 0 aliphatic rings. The van der Waals surface area contributed by atoms with E-state index in [1.54, 1.807) is 0 Å². The summed E-state index contributed by atoms with van der Waals surface area (Å²) in [5, 5.41) is 0. The van der Waals surface area contributed by atoms with Crippen LogP contribution in [0.25, 0.3) is 0 Å². The highest BCUT2D eigenvalue weighted by Gasteiger charge is 2.04. The molecule has 1 rings (SSSR count). The molecule has 0 saturated heterocycles. The summed E-state index contributed by atoms with van der Waals surface area (Å²) in [7, 11) is 2.03. The van der Waals surface area contributed by atoms with Crippen LogP contribution in [0.1, 0.15) is 22.8 Å². The maximum Gasteiger partial charge on any atom is 0.150 e. The lowest BCUT2D eigenvalue weighted by atomic mass is 10.1. The number of benzene rings is 1. The summed E-state index contributed by atoms with van der Waals surface area (Å²) in [6, 6.07) is 5.71. The van der Waals surface area contributed by atoms with E-state index in [1.165, 1.54) is 0 Å². The molecule has 0 atom stereocenters. The van der Waals surface area contributed by atoms with Crippen LogP contribution in [0.15, 0.2) is 30.4 Å². The number of aldehydes is 1. The first kappa shape index (κ1) is 11.5. The van der Waals surface area contributed by atoms with Gasteiger partial charge in [-0.05, 0) is 37.6 Å². The summed E-state index contributed by atoms with van der Waals surface area (Å²) in [4.78, 5) is 12.7. The number of likely N-dealkylation sites (N-methyl/N-ethyl adjacent to an activating group) is 1. The molecule has 2 heteroatoms. The van der Waals surface area contributed by atoms with Gasteiger partial charge < -0.3 is 4.90 Å². The van der Waals surface area contributed by atoms with E-state index in [0.29, 0.717) is 0 Å². The predicted octanol–water partition coefficient (Wildman–Crippen LogP) is 2.82. The smallest absolute Gasteiger partial charge is 0.150 e. The maximum atomic E-state index is 10.6. The molecular formula is C13H17NO.